The third-order valence-electron chi connectivity index (χ3n) is 5.93. The van der Waals surface area contributed by atoms with Crippen LogP contribution in [-0.2, 0) is 9.53 Å². The number of aromatic nitrogens is 1. The van der Waals surface area contributed by atoms with Crippen LogP contribution < -0.4 is 10.6 Å². The van der Waals surface area contributed by atoms with Crippen molar-refractivity contribution in [3.63, 3.8) is 0 Å². The molecule has 0 unspecified atom stereocenters. The number of hydrogen-bond acceptors (Lipinski definition) is 5. The quantitative estimate of drug-likeness (QED) is 0.560. The Balaban J connectivity index is 1.32. The first-order valence-corrected chi connectivity index (χ1v) is 10.7. The van der Waals surface area contributed by atoms with Crippen LogP contribution in [0.3, 0.4) is 0 Å². The SMILES string of the molecule is COCCNC(=O)[C@H]1CC[C@@H](c2ccc(NC(=O)c3onc4ccccc34)cc2)CC1. The van der Waals surface area contributed by atoms with Gasteiger partial charge < -0.3 is 19.9 Å². The fourth-order valence-electron chi connectivity index (χ4n) is 4.19. The second-order valence-corrected chi connectivity index (χ2v) is 7.94. The summed E-state index contributed by atoms with van der Waals surface area (Å²) in [6, 6.07) is 15.3. The lowest BCUT2D eigenvalue weighted by Gasteiger charge is -2.28. The number of fused-ring (bicyclic) bond motifs is 1. The van der Waals surface area contributed by atoms with Crippen molar-refractivity contribution in [2.24, 2.45) is 5.92 Å². The second-order valence-electron chi connectivity index (χ2n) is 7.94. The molecule has 0 aliphatic heterocycles. The predicted octanol–water partition coefficient (Wildman–Crippen LogP) is 4.12. The number of benzene rings is 2. The zero-order valence-electron chi connectivity index (χ0n) is 17.6. The van der Waals surface area contributed by atoms with E-state index in [1.165, 1.54) is 5.56 Å². The summed E-state index contributed by atoms with van der Waals surface area (Å²) >= 11 is 0. The minimum atomic E-state index is -0.318. The van der Waals surface area contributed by atoms with Crippen LogP contribution in [0.4, 0.5) is 5.69 Å². The van der Waals surface area contributed by atoms with E-state index in [1.54, 1.807) is 7.11 Å². The van der Waals surface area contributed by atoms with E-state index in [-0.39, 0.29) is 23.5 Å². The van der Waals surface area contributed by atoms with E-state index in [0.717, 1.165) is 25.7 Å². The highest BCUT2D eigenvalue weighted by Crippen LogP contribution is 2.36. The van der Waals surface area contributed by atoms with Gasteiger partial charge in [0.1, 0.15) is 5.52 Å². The Labute approximate surface area is 181 Å². The Morgan fingerprint density at radius 2 is 1.81 bits per heavy atom. The van der Waals surface area contributed by atoms with Gasteiger partial charge in [0, 0.05) is 25.3 Å². The zero-order chi connectivity index (χ0) is 21.6. The lowest BCUT2D eigenvalue weighted by Crippen LogP contribution is -2.34. The summed E-state index contributed by atoms with van der Waals surface area (Å²) < 4.78 is 10.2. The molecular formula is C24H27N3O4. The van der Waals surface area contributed by atoms with E-state index in [2.05, 4.69) is 27.9 Å². The highest BCUT2D eigenvalue weighted by Gasteiger charge is 2.27. The van der Waals surface area contributed by atoms with Crippen molar-refractivity contribution >= 4 is 28.4 Å². The Hall–Kier alpha value is -3.19. The van der Waals surface area contributed by atoms with Crippen LogP contribution in [0.5, 0.6) is 0 Å². The number of ether oxygens (including phenoxy) is 1. The Bertz CT molecular complexity index is 1040. The molecule has 2 N–H and O–H groups in total. The molecule has 1 aliphatic carbocycles. The minimum Gasteiger partial charge on any atom is -0.383 e. The summed E-state index contributed by atoms with van der Waals surface area (Å²) in [5.41, 5.74) is 2.60. The Morgan fingerprint density at radius 1 is 1.06 bits per heavy atom. The van der Waals surface area contributed by atoms with Crippen LogP contribution >= 0.6 is 0 Å². The summed E-state index contributed by atoms with van der Waals surface area (Å²) in [6.45, 7) is 1.10. The van der Waals surface area contributed by atoms with Gasteiger partial charge in [-0.05, 0) is 61.4 Å². The molecule has 1 saturated carbocycles. The van der Waals surface area contributed by atoms with Gasteiger partial charge in [0.25, 0.3) is 5.91 Å². The molecular weight excluding hydrogens is 394 g/mol. The molecule has 2 aromatic carbocycles. The fraction of sp³-hybridized carbons (Fsp3) is 0.375. The van der Waals surface area contributed by atoms with Crippen molar-refractivity contribution in [2.75, 3.05) is 25.6 Å². The minimum absolute atomic E-state index is 0.0865. The molecule has 2 amide bonds. The molecule has 0 bridgehead atoms. The average Bonchev–Trinajstić information content (AvgIpc) is 3.24. The van der Waals surface area contributed by atoms with Crippen molar-refractivity contribution in [1.82, 2.24) is 10.5 Å². The Morgan fingerprint density at radius 3 is 2.55 bits per heavy atom. The monoisotopic (exact) mass is 421 g/mol. The molecule has 0 radical (unpaired) electrons. The van der Waals surface area contributed by atoms with E-state index in [4.69, 9.17) is 9.26 Å². The van der Waals surface area contributed by atoms with E-state index >= 15 is 0 Å². The van der Waals surface area contributed by atoms with Crippen LogP contribution in [0.15, 0.2) is 53.1 Å². The number of rotatable bonds is 7. The van der Waals surface area contributed by atoms with Crippen LogP contribution in [0, 0.1) is 5.92 Å². The number of nitrogens with zero attached hydrogens (tertiary/aromatic N) is 1. The maximum atomic E-state index is 12.6. The maximum absolute atomic E-state index is 12.6. The van der Waals surface area contributed by atoms with Gasteiger partial charge >= 0.3 is 0 Å². The van der Waals surface area contributed by atoms with Crippen molar-refractivity contribution in [3.05, 3.63) is 59.9 Å². The Kier molecular flexibility index (Phi) is 6.62. The largest absolute Gasteiger partial charge is 0.383 e. The molecule has 1 aliphatic rings. The molecule has 162 valence electrons. The first-order valence-electron chi connectivity index (χ1n) is 10.7. The normalized spacial score (nSPS) is 18.6. The fourth-order valence-corrected chi connectivity index (χ4v) is 4.19. The number of carbonyl (C=O) groups is 2. The topological polar surface area (TPSA) is 93.5 Å². The van der Waals surface area contributed by atoms with E-state index < -0.39 is 0 Å². The van der Waals surface area contributed by atoms with Crippen molar-refractivity contribution < 1.29 is 18.8 Å². The number of nitrogens with one attached hydrogen (secondary N) is 2. The van der Waals surface area contributed by atoms with E-state index in [0.29, 0.717) is 35.7 Å². The molecule has 0 saturated heterocycles. The van der Waals surface area contributed by atoms with Gasteiger partial charge in [0.05, 0.1) is 12.0 Å². The summed E-state index contributed by atoms with van der Waals surface area (Å²) in [5.74, 6) is 0.547. The molecule has 0 spiro atoms. The van der Waals surface area contributed by atoms with Crippen LogP contribution in [-0.4, -0.2) is 37.2 Å². The van der Waals surface area contributed by atoms with Crippen LogP contribution in [0.2, 0.25) is 0 Å². The molecule has 7 heteroatoms. The van der Waals surface area contributed by atoms with Gasteiger partial charge in [0.2, 0.25) is 11.7 Å². The number of amides is 2. The van der Waals surface area contributed by atoms with E-state index in [1.807, 2.05) is 36.4 Å². The summed E-state index contributed by atoms with van der Waals surface area (Å²) in [4.78, 5) is 24.8. The number of methoxy groups -OCH3 is 1. The van der Waals surface area contributed by atoms with Crippen molar-refractivity contribution in [1.29, 1.82) is 0 Å². The number of carbonyl (C=O) groups excluding carboxylic acids is 2. The maximum Gasteiger partial charge on any atom is 0.294 e. The molecule has 1 fully saturated rings. The molecule has 1 aromatic heterocycles. The average molecular weight is 421 g/mol. The molecule has 31 heavy (non-hydrogen) atoms. The van der Waals surface area contributed by atoms with Gasteiger partial charge in [-0.1, -0.05) is 29.4 Å². The highest BCUT2D eigenvalue weighted by atomic mass is 16.5. The molecule has 1 heterocycles. The zero-order valence-corrected chi connectivity index (χ0v) is 17.6. The third kappa shape index (κ3) is 4.94. The van der Waals surface area contributed by atoms with Crippen molar-refractivity contribution in [3.8, 4) is 0 Å². The van der Waals surface area contributed by atoms with Crippen LogP contribution in [0.25, 0.3) is 10.9 Å². The van der Waals surface area contributed by atoms with Gasteiger partial charge in [-0.25, -0.2) is 0 Å². The molecule has 0 atom stereocenters. The highest BCUT2D eigenvalue weighted by molar-refractivity contribution is 6.10. The first kappa shape index (κ1) is 21.1. The number of hydrogen-bond donors (Lipinski definition) is 2. The smallest absolute Gasteiger partial charge is 0.294 e. The lowest BCUT2D eigenvalue weighted by molar-refractivity contribution is -0.126. The summed E-state index contributed by atoms with van der Waals surface area (Å²) in [6.07, 6.45) is 3.75. The van der Waals surface area contributed by atoms with Crippen molar-refractivity contribution in [2.45, 2.75) is 31.6 Å². The standard InChI is InChI=1S/C24H27N3O4/c1-30-15-14-25-23(28)18-8-6-16(7-9-18)17-10-12-19(13-11-17)26-24(29)22-20-4-2-3-5-21(20)27-31-22/h2-5,10-13,16,18H,6-9,14-15H2,1H3,(H,25,28)(H,26,29)/t16-,18+. The van der Waals surface area contributed by atoms with Gasteiger partial charge in [-0.3, -0.25) is 9.59 Å². The first-order chi connectivity index (χ1) is 15.2. The lowest BCUT2D eigenvalue weighted by atomic mass is 9.78. The van der Waals surface area contributed by atoms with Gasteiger partial charge in [0.15, 0.2) is 0 Å². The van der Waals surface area contributed by atoms with Gasteiger partial charge in [-0.15, -0.1) is 0 Å². The molecule has 3 aromatic rings. The third-order valence-corrected chi connectivity index (χ3v) is 5.93. The summed E-state index contributed by atoms with van der Waals surface area (Å²) in [5, 5.41) is 10.4. The molecule has 4 rings (SSSR count). The molecule has 7 nitrogen and oxygen atoms in total. The number of anilines is 1. The second kappa shape index (κ2) is 9.75. The predicted molar refractivity (Wildman–Crippen MR) is 118 cm³/mol. The van der Waals surface area contributed by atoms with E-state index in [9.17, 15) is 9.59 Å². The summed E-state index contributed by atoms with van der Waals surface area (Å²) in [7, 11) is 1.63. The van der Waals surface area contributed by atoms with Crippen LogP contribution in [0.1, 0.15) is 47.7 Å². The van der Waals surface area contributed by atoms with Gasteiger partial charge in [-0.2, -0.15) is 0 Å².